The molecule has 0 heterocycles. The van der Waals surface area contributed by atoms with Gasteiger partial charge in [-0.2, -0.15) is 17.6 Å². The number of phosphoric acid groups is 1. The van der Waals surface area contributed by atoms with E-state index in [1.54, 1.807) is 0 Å². The SMILES string of the molecule is C[Si](C)(C)OP(=O)(OC(F)(F)CF)OC(F)(F)CF. The maximum absolute atomic E-state index is 12.6. The van der Waals surface area contributed by atoms with Crippen LogP contribution in [-0.4, -0.2) is 33.9 Å². The Hall–Kier alpha value is -0.0931. The first-order chi connectivity index (χ1) is 8.24. The average molecular weight is 334 g/mol. The van der Waals surface area contributed by atoms with Gasteiger partial charge < -0.3 is 4.21 Å². The van der Waals surface area contributed by atoms with E-state index in [4.69, 9.17) is 0 Å². The quantitative estimate of drug-likeness (QED) is 0.381. The monoisotopic (exact) mass is 334 g/mol. The zero-order chi connectivity index (χ0) is 15.5. The van der Waals surface area contributed by atoms with Crippen LogP contribution in [0.2, 0.25) is 19.6 Å². The summed E-state index contributed by atoms with van der Waals surface area (Å²) >= 11 is 0. The summed E-state index contributed by atoms with van der Waals surface area (Å²) < 4.78 is 97.3. The molecule has 0 bridgehead atoms. The highest BCUT2D eigenvalue weighted by atomic mass is 31.2. The van der Waals surface area contributed by atoms with Crippen molar-refractivity contribution >= 4 is 16.1 Å². The topological polar surface area (TPSA) is 44.8 Å². The molecule has 0 unspecified atom stereocenters. The molecule has 0 atom stereocenters. The first-order valence-electron chi connectivity index (χ1n) is 4.84. The van der Waals surface area contributed by atoms with Gasteiger partial charge in [-0.25, -0.2) is 22.4 Å². The van der Waals surface area contributed by atoms with Crippen LogP contribution >= 0.6 is 7.82 Å². The van der Waals surface area contributed by atoms with Crippen molar-refractivity contribution in [3.05, 3.63) is 0 Å². The van der Waals surface area contributed by atoms with E-state index in [0.29, 0.717) is 0 Å². The molecule has 19 heavy (non-hydrogen) atoms. The van der Waals surface area contributed by atoms with Crippen molar-refractivity contribution in [1.29, 1.82) is 0 Å². The summed E-state index contributed by atoms with van der Waals surface area (Å²) in [6.45, 7) is -0.970. The predicted octanol–water partition coefficient (Wildman–Crippen LogP) is 4.10. The summed E-state index contributed by atoms with van der Waals surface area (Å²) in [6.07, 6.45) is -9.30. The molecule has 0 aliphatic rings. The Bertz CT molecular complexity index is 325. The van der Waals surface area contributed by atoms with Crippen LogP contribution < -0.4 is 0 Å². The Morgan fingerprint density at radius 1 is 0.947 bits per heavy atom. The van der Waals surface area contributed by atoms with Crippen LogP contribution in [0.4, 0.5) is 26.3 Å². The third kappa shape index (κ3) is 7.93. The molecule has 12 heteroatoms. The standard InChI is InChI=1S/C7H13F6O4PSi/c1-19(2,3)17-18(14,15-6(10,11)4-8)16-7(12,13)5-9/h4-5H2,1-3H3. The fourth-order valence-electron chi connectivity index (χ4n) is 0.767. The van der Waals surface area contributed by atoms with Crippen LogP contribution in [-0.2, 0) is 17.8 Å². The number of halogens is 6. The van der Waals surface area contributed by atoms with Crippen LogP contribution in [0.3, 0.4) is 0 Å². The van der Waals surface area contributed by atoms with Crippen LogP contribution in [0.1, 0.15) is 0 Å². The lowest BCUT2D eigenvalue weighted by molar-refractivity contribution is -0.232. The van der Waals surface area contributed by atoms with E-state index in [2.05, 4.69) is 13.3 Å². The third-order valence-corrected chi connectivity index (χ3v) is 5.25. The molecule has 0 N–H and O–H groups in total. The van der Waals surface area contributed by atoms with E-state index in [1.165, 1.54) is 19.6 Å². The van der Waals surface area contributed by atoms with Crippen LogP contribution in [0.25, 0.3) is 0 Å². The highest BCUT2D eigenvalue weighted by Gasteiger charge is 2.50. The normalized spacial score (nSPS) is 14.8. The minimum atomic E-state index is -5.54. The van der Waals surface area contributed by atoms with E-state index in [-0.39, 0.29) is 0 Å². The Kier molecular flexibility index (Phi) is 6.10. The number of phosphoric ester groups is 1. The molecular weight excluding hydrogens is 321 g/mol. The number of hydrogen-bond donors (Lipinski definition) is 0. The molecular formula is C7H13F6O4PSi. The van der Waals surface area contributed by atoms with Crippen LogP contribution in [0.5, 0.6) is 0 Å². The van der Waals surface area contributed by atoms with Gasteiger partial charge in [-0.05, 0) is 19.6 Å². The van der Waals surface area contributed by atoms with Crippen molar-refractivity contribution in [2.45, 2.75) is 31.9 Å². The van der Waals surface area contributed by atoms with E-state index >= 15 is 0 Å². The molecule has 0 fully saturated rings. The van der Waals surface area contributed by atoms with Crippen molar-refractivity contribution in [2.24, 2.45) is 0 Å². The van der Waals surface area contributed by atoms with Gasteiger partial charge in [0.15, 0.2) is 21.7 Å². The van der Waals surface area contributed by atoms with Crippen LogP contribution in [0.15, 0.2) is 0 Å². The molecule has 0 radical (unpaired) electrons. The van der Waals surface area contributed by atoms with Gasteiger partial charge in [-0.1, -0.05) is 0 Å². The van der Waals surface area contributed by atoms with E-state index in [0.717, 1.165) is 0 Å². The fraction of sp³-hybridized carbons (Fsp3) is 1.00. The molecule has 0 aromatic heterocycles. The number of alkyl halides is 6. The van der Waals surface area contributed by atoms with Gasteiger partial charge in [0.1, 0.15) is 0 Å². The van der Waals surface area contributed by atoms with Gasteiger partial charge in [-0.3, -0.25) is 0 Å². The molecule has 0 aromatic rings. The summed E-state index contributed by atoms with van der Waals surface area (Å²) in [6, 6.07) is 0. The van der Waals surface area contributed by atoms with E-state index in [1.807, 2.05) is 0 Å². The maximum atomic E-state index is 12.6. The molecule has 0 spiro atoms. The summed E-state index contributed by atoms with van der Waals surface area (Å²) in [5.74, 6) is 0. The molecule has 0 aliphatic carbocycles. The van der Waals surface area contributed by atoms with Crippen LogP contribution in [0, 0.1) is 0 Å². The van der Waals surface area contributed by atoms with Gasteiger partial charge >= 0.3 is 20.0 Å². The van der Waals surface area contributed by atoms with Crippen molar-refractivity contribution in [1.82, 2.24) is 0 Å². The van der Waals surface area contributed by atoms with E-state index in [9.17, 15) is 30.9 Å². The second kappa shape index (κ2) is 6.13. The zero-order valence-corrected chi connectivity index (χ0v) is 12.2. The Morgan fingerprint density at radius 3 is 1.47 bits per heavy atom. The first kappa shape index (κ1) is 18.9. The maximum Gasteiger partial charge on any atom is 0.474 e. The summed E-state index contributed by atoms with van der Waals surface area (Å²) in [5, 5.41) is 0. The lowest BCUT2D eigenvalue weighted by Gasteiger charge is -2.28. The van der Waals surface area contributed by atoms with Crippen molar-refractivity contribution in [3.8, 4) is 0 Å². The second-order valence-corrected chi connectivity index (χ2v) is 10.6. The number of rotatable bonds is 8. The fourth-order valence-corrected chi connectivity index (χ4v) is 4.54. The minimum absolute atomic E-state index is 1.30. The minimum Gasteiger partial charge on any atom is -0.330 e. The summed E-state index contributed by atoms with van der Waals surface area (Å²) in [7, 11) is -8.48. The van der Waals surface area contributed by atoms with E-state index < -0.39 is 41.7 Å². The van der Waals surface area contributed by atoms with Gasteiger partial charge in [0.25, 0.3) is 0 Å². The van der Waals surface area contributed by atoms with Gasteiger partial charge in [-0.15, -0.1) is 0 Å². The Morgan fingerprint density at radius 2 is 1.26 bits per heavy atom. The van der Waals surface area contributed by atoms with Gasteiger partial charge in [0.2, 0.25) is 0 Å². The van der Waals surface area contributed by atoms with Crippen molar-refractivity contribution in [2.75, 3.05) is 13.3 Å². The highest BCUT2D eigenvalue weighted by Crippen LogP contribution is 2.58. The lowest BCUT2D eigenvalue weighted by atomic mass is 10.7. The predicted molar refractivity (Wildman–Crippen MR) is 56.1 cm³/mol. The Balaban J connectivity index is 5.20. The molecule has 0 aliphatic heterocycles. The van der Waals surface area contributed by atoms with Gasteiger partial charge in [0, 0.05) is 0 Å². The molecule has 0 aromatic carbocycles. The smallest absolute Gasteiger partial charge is 0.330 e. The Labute approximate surface area is 106 Å². The summed E-state index contributed by atoms with van der Waals surface area (Å²) in [5.41, 5.74) is 0. The van der Waals surface area contributed by atoms with Gasteiger partial charge in [0.05, 0.1) is 0 Å². The zero-order valence-electron chi connectivity index (χ0n) is 10.3. The lowest BCUT2D eigenvalue weighted by Crippen LogP contribution is -2.32. The molecule has 0 saturated carbocycles. The first-order valence-corrected chi connectivity index (χ1v) is 9.71. The highest BCUT2D eigenvalue weighted by molar-refractivity contribution is 7.50. The molecule has 4 nitrogen and oxygen atoms in total. The molecule has 0 saturated heterocycles. The average Bonchev–Trinajstić information content (AvgIpc) is 2.12. The van der Waals surface area contributed by atoms with Crippen molar-refractivity contribution < 1.29 is 44.2 Å². The largest absolute Gasteiger partial charge is 0.474 e. The molecule has 116 valence electrons. The third-order valence-electron chi connectivity index (χ3n) is 1.19. The number of hydrogen-bond acceptors (Lipinski definition) is 4. The summed E-state index contributed by atoms with van der Waals surface area (Å²) in [4.78, 5) is 0. The molecule has 0 amide bonds. The van der Waals surface area contributed by atoms with Crippen molar-refractivity contribution in [3.63, 3.8) is 0 Å². The molecule has 0 rings (SSSR count). The second-order valence-electron chi connectivity index (χ2n) is 4.38.